The first-order valence-corrected chi connectivity index (χ1v) is 6.97. The predicted octanol–water partition coefficient (Wildman–Crippen LogP) is 1.58. The first kappa shape index (κ1) is 19.0. The van der Waals surface area contributed by atoms with Gasteiger partial charge in [-0.15, -0.1) is 24.8 Å². The molecular weight excluding hydrogens is 323 g/mol. The van der Waals surface area contributed by atoms with Gasteiger partial charge in [-0.2, -0.15) is 10.2 Å². The Kier molecular flexibility index (Phi) is 5.67. The van der Waals surface area contributed by atoms with Gasteiger partial charge in [-0.3, -0.25) is 9.36 Å². The second kappa shape index (κ2) is 6.58. The number of nitrogens with zero attached hydrogens (tertiary/aromatic N) is 4. The van der Waals surface area contributed by atoms with Crippen molar-refractivity contribution in [3.05, 3.63) is 35.9 Å². The normalized spacial score (nSPS) is 19.1. The number of rotatable bonds is 2. The van der Waals surface area contributed by atoms with Gasteiger partial charge in [0.25, 0.3) is 0 Å². The lowest BCUT2D eigenvalue weighted by Gasteiger charge is -2.01. The molecule has 0 bridgehead atoms. The second-order valence-corrected chi connectivity index (χ2v) is 6.12. The zero-order chi connectivity index (χ0) is 14.4. The van der Waals surface area contributed by atoms with E-state index in [2.05, 4.69) is 10.2 Å². The van der Waals surface area contributed by atoms with Crippen molar-refractivity contribution in [1.82, 2.24) is 19.6 Å². The van der Waals surface area contributed by atoms with Gasteiger partial charge < -0.3 is 11.5 Å². The van der Waals surface area contributed by atoms with Crippen LogP contribution < -0.4 is 11.5 Å². The average molecular weight is 347 g/mol. The van der Waals surface area contributed by atoms with Gasteiger partial charge in [-0.05, 0) is 25.7 Å². The summed E-state index contributed by atoms with van der Waals surface area (Å²) in [4.78, 5) is 0. The molecule has 2 aromatic rings. The zero-order valence-electron chi connectivity index (χ0n) is 12.9. The third kappa shape index (κ3) is 4.01. The van der Waals surface area contributed by atoms with Crippen molar-refractivity contribution >= 4 is 24.8 Å². The minimum Gasteiger partial charge on any atom is -0.321 e. The molecule has 124 valence electrons. The van der Waals surface area contributed by atoms with E-state index >= 15 is 0 Å². The topological polar surface area (TPSA) is 87.7 Å². The molecule has 0 spiro atoms. The summed E-state index contributed by atoms with van der Waals surface area (Å²) in [6.07, 6.45) is 12.1. The Morgan fingerprint density at radius 1 is 0.818 bits per heavy atom. The summed E-state index contributed by atoms with van der Waals surface area (Å²) in [5.41, 5.74) is 14.2. The third-order valence-electron chi connectivity index (χ3n) is 4.14. The number of nitrogens with two attached hydrogens (primary N) is 2. The lowest BCUT2D eigenvalue weighted by Crippen LogP contribution is -2.17. The van der Waals surface area contributed by atoms with Crippen molar-refractivity contribution in [2.24, 2.45) is 25.6 Å². The van der Waals surface area contributed by atoms with E-state index in [4.69, 9.17) is 11.5 Å². The highest BCUT2D eigenvalue weighted by Crippen LogP contribution is 2.42. The molecule has 0 amide bonds. The number of hydrogen-bond donors (Lipinski definition) is 2. The van der Waals surface area contributed by atoms with Gasteiger partial charge in [0.05, 0.1) is 12.4 Å². The van der Waals surface area contributed by atoms with Crippen LogP contribution >= 0.6 is 24.8 Å². The van der Waals surface area contributed by atoms with Crippen LogP contribution in [0.4, 0.5) is 0 Å². The van der Waals surface area contributed by atoms with E-state index in [9.17, 15) is 0 Å². The molecule has 0 unspecified atom stereocenters. The largest absolute Gasteiger partial charge is 0.321 e. The van der Waals surface area contributed by atoms with Crippen LogP contribution in [0.3, 0.4) is 0 Å². The molecule has 4 rings (SSSR count). The van der Waals surface area contributed by atoms with E-state index < -0.39 is 0 Å². The molecule has 0 atom stereocenters. The minimum atomic E-state index is -0.0196. The molecule has 8 heteroatoms. The van der Waals surface area contributed by atoms with Gasteiger partial charge in [0, 0.05) is 48.7 Å². The van der Waals surface area contributed by atoms with Crippen molar-refractivity contribution < 1.29 is 0 Å². The van der Waals surface area contributed by atoms with Crippen LogP contribution in [0.2, 0.25) is 0 Å². The van der Waals surface area contributed by atoms with E-state index in [0.29, 0.717) is 0 Å². The number of hydrogen-bond acceptors (Lipinski definition) is 4. The molecule has 2 aromatic heterocycles. The number of aromatic nitrogens is 4. The number of aryl methyl sites for hydroxylation is 2. The summed E-state index contributed by atoms with van der Waals surface area (Å²) < 4.78 is 3.59. The van der Waals surface area contributed by atoms with Crippen LogP contribution in [0.5, 0.6) is 0 Å². The fraction of sp³-hybridized carbons (Fsp3) is 0.571. The molecular formula is C14H24Cl2N6. The maximum Gasteiger partial charge on any atom is 0.0540 e. The van der Waals surface area contributed by atoms with Gasteiger partial charge in [0.2, 0.25) is 0 Å². The van der Waals surface area contributed by atoms with E-state index in [0.717, 1.165) is 25.7 Å². The van der Waals surface area contributed by atoms with Gasteiger partial charge in [-0.1, -0.05) is 0 Å². The highest BCUT2D eigenvalue weighted by molar-refractivity contribution is 5.85. The third-order valence-corrected chi connectivity index (χ3v) is 4.14. The van der Waals surface area contributed by atoms with Crippen LogP contribution in [0.25, 0.3) is 0 Å². The molecule has 0 saturated heterocycles. The minimum absolute atomic E-state index is 0. The molecule has 4 N–H and O–H groups in total. The lowest BCUT2D eigenvalue weighted by atomic mass is 10.1. The highest BCUT2D eigenvalue weighted by Gasteiger charge is 2.41. The predicted molar refractivity (Wildman–Crippen MR) is 91.1 cm³/mol. The molecule has 2 fully saturated rings. The summed E-state index contributed by atoms with van der Waals surface area (Å²) in [5.74, 6) is 0. The molecule has 0 radical (unpaired) electrons. The molecule has 0 aromatic carbocycles. The van der Waals surface area contributed by atoms with Crippen LogP contribution in [0.15, 0.2) is 24.8 Å². The fourth-order valence-corrected chi connectivity index (χ4v) is 2.20. The number of halogens is 2. The Labute approximate surface area is 143 Å². The second-order valence-electron chi connectivity index (χ2n) is 6.12. The van der Waals surface area contributed by atoms with Crippen LogP contribution in [0.1, 0.15) is 36.8 Å². The Morgan fingerprint density at radius 2 is 1.14 bits per heavy atom. The van der Waals surface area contributed by atoms with E-state index in [1.54, 1.807) is 9.36 Å². The van der Waals surface area contributed by atoms with E-state index in [1.165, 1.54) is 11.1 Å². The van der Waals surface area contributed by atoms with Crippen LogP contribution in [-0.4, -0.2) is 19.6 Å². The fourth-order valence-electron chi connectivity index (χ4n) is 2.20. The Morgan fingerprint density at radius 3 is 1.32 bits per heavy atom. The van der Waals surface area contributed by atoms with E-state index in [-0.39, 0.29) is 35.9 Å². The maximum absolute atomic E-state index is 5.93. The molecule has 22 heavy (non-hydrogen) atoms. The zero-order valence-corrected chi connectivity index (χ0v) is 14.5. The SMILES string of the molecule is Cl.Cl.Cn1cc(C2(N)CC2)cn1.Cn1cc(C2(N)CC2)cn1. The first-order chi connectivity index (χ1) is 9.41. The van der Waals surface area contributed by atoms with Crippen molar-refractivity contribution in [2.75, 3.05) is 0 Å². The van der Waals surface area contributed by atoms with Crippen LogP contribution in [-0.2, 0) is 25.2 Å². The molecule has 6 nitrogen and oxygen atoms in total. The Balaban J connectivity index is 0.000000202. The lowest BCUT2D eigenvalue weighted by molar-refractivity contribution is 0.731. The highest BCUT2D eigenvalue weighted by atomic mass is 35.5. The summed E-state index contributed by atoms with van der Waals surface area (Å²) >= 11 is 0. The van der Waals surface area contributed by atoms with Crippen molar-refractivity contribution in [3.63, 3.8) is 0 Å². The van der Waals surface area contributed by atoms with Crippen molar-refractivity contribution in [2.45, 2.75) is 36.8 Å². The molecule has 2 saturated carbocycles. The van der Waals surface area contributed by atoms with Crippen LogP contribution in [0, 0.1) is 0 Å². The van der Waals surface area contributed by atoms with Crippen molar-refractivity contribution in [3.8, 4) is 0 Å². The Bertz CT molecular complexity index is 558. The first-order valence-electron chi connectivity index (χ1n) is 6.97. The average Bonchev–Trinajstić information content (AvgIpc) is 3.21. The Hall–Kier alpha value is -1.08. The summed E-state index contributed by atoms with van der Waals surface area (Å²) in [6, 6.07) is 0. The van der Waals surface area contributed by atoms with Crippen molar-refractivity contribution in [1.29, 1.82) is 0 Å². The quantitative estimate of drug-likeness (QED) is 0.863. The summed E-state index contributed by atoms with van der Waals surface area (Å²) in [7, 11) is 3.82. The van der Waals surface area contributed by atoms with Gasteiger partial charge in [0.1, 0.15) is 0 Å². The standard InChI is InChI=1S/2C7H11N3.2ClH/c2*1-10-5-6(4-9-10)7(8)2-3-7;;/h2*4-5H,2-3,8H2,1H3;2*1H. The summed E-state index contributed by atoms with van der Waals surface area (Å²) in [6.45, 7) is 0. The van der Waals surface area contributed by atoms with Gasteiger partial charge >= 0.3 is 0 Å². The van der Waals surface area contributed by atoms with Gasteiger partial charge in [0.15, 0.2) is 0 Å². The maximum atomic E-state index is 5.93. The summed E-state index contributed by atoms with van der Waals surface area (Å²) in [5, 5.41) is 8.12. The molecule has 2 aliphatic rings. The molecule has 2 aliphatic carbocycles. The van der Waals surface area contributed by atoms with Gasteiger partial charge in [-0.25, -0.2) is 0 Å². The monoisotopic (exact) mass is 346 g/mol. The molecule has 2 heterocycles. The molecule has 0 aliphatic heterocycles. The smallest absolute Gasteiger partial charge is 0.0540 e. The van der Waals surface area contributed by atoms with E-state index in [1.807, 2.05) is 38.9 Å².